The number of rotatable bonds is 6. The van der Waals surface area contributed by atoms with E-state index in [-0.39, 0.29) is 17.1 Å². The van der Waals surface area contributed by atoms with Crippen molar-refractivity contribution in [1.82, 2.24) is 14.1 Å². The Bertz CT molecular complexity index is 1090. The molecule has 0 amide bonds. The Morgan fingerprint density at radius 2 is 2.00 bits per heavy atom. The van der Waals surface area contributed by atoms with Crippen molar-refractivity contribution in [3.8, 4) is 0 Å². The van der Waals surface area contributed by atoms with Gasteiger partial charge in [0.25, 0.3) is 5.56 Å². The van der Waals surface area contributed by atoms with Crippen LogP contribution in [0.5, 0.6) is 0 Å². The summed E-state index contributed by atoms with van der Waals surface area (Å²) in [7, 11) is 1.95. The number of carbonyl (C=O) groups is 1. The summed E-state index contributed by atoms with van der Waals surface area (Å²) in [6.07, 6.45) is 0.805. The first-order valence-corrected chi connectivity index (χ1v) is 10.2. The van der Waals surface area contributed by atoms with Crippen molar-refractivity contribution in [2.45, 2.75) is 38.9 Å². The maximum absolute atomic E-state index is 12.8. The van der Waals surface area contributed by atoms with Gasteiger partial charge in [-0.15, -0.1) is 0 Å². The molecule has 0 spiro atoms. The first-order valence-electron chi connectivity index (χ1n) is 8.82. The molecule has 2 aromatic heterocycles. The first-order chi connectivity index (χ1) is 12.8. The van der Waals surface area contributed by atoms with Crippen molar-refractivity contribution < 1.29 is 4.79 Å². The highest BCUT2D eigenvalue weighted by Crippen LogP contribution is 2.23. The molecule has 142 valence electrons. The maximum Gasteiger partial charge on any atom is 0.262 e. The molecule has 7 heteroatoms. The van der Waals surface area contributed by atoms with Crippen LogP contribution in [-0.2, 0) is 13.6 Å². The Kier molecular flexibility index (Phi) is 5.77. The van der Waals surface area contributed by atoms with Gasteiger partial charge in [-0.3, -0.25) is 14.2 Å². The van der Waals surface area contributed by atoms with Crippen LogP contribution in [0.3, 0.4) is 0 Å². The molecule has 1 aromatic carbocycles. The molecule has 0 radical (unpaired) electrons. The van der Waals surface area contributed by atoms with Gasteiger partial charge in [0.05, 0.1) is 16.7 Å². The average Bonchev–Trinajstić information content (AvgIpc) is 2.89. The molecule has 0 atom stereocenters. The van der Waals surface area contributed by atoms with E-state index in [2.05, 4.69) is 4.98 Å². The second kappa shape index (κ2) is 7.90. The molecular weight excluding hydrogens is 382 g/mol. The molecular formula is C20H22ClN3O2S. The second-order valence-corrected chi connectivity index (χ2v) is 7.95. The number of hydrogen-bond donors (Lipinski definition) is 0. The number of fused-ring (bicyclic) bond motifs is 1. The molecule has 27 heavy (non-hydrogen) atoms. The number of hydrogen-bond acceptors (Lipinski definition) is 4. The van der Waals surface area contributed by atoms with E-state index in [1.54, 1.807) is 22.8 Å². The first kappa shape index (κ1) is 19.7. The van der Waals surface area contributed by atoms with E-state index in [0.717, 1.165) is 23.4 Å². The summed E-state index contributed by atoms with van der Waals surface area (Å²) in [5, 5.41) is 1.62. The van der Waals surface area contributed by atoms with Crippen molar-refractivity contribution in [1.29, 1.82) is 0 Å². The molecule has 0 aliphatic rings. The number of ketones is 1. The summed E-state index contributed by atoms with van der Waals surface area (Å²) >= 11 is 7.35. The monoisotopic (exact) mass is 403 g/mol. The predicted molar refractivity (Wildman–Crippen MR) is 111 cm³/mol. The van der Waals surface area contributed by atoms with Gasteiger partial charge >= 0.3 is 0 Å². The normalized spacial score (nSPS) is 11.3. The van der Waals surface area contributed by atoms with Crippen LogP contribution < -0.4 is 5.56 Å². The van der Waals surface area contributed by atoms with Gasteiger partial charge < -0.3 is 4.57 Å². The number of thioether (sulfide) groups is 1. The third-order valence-corrected chi connectivity index (χ3v) is 5.95. The van der Waals surface area contributed by atoms with Gasteiger partial charge in [0.2, 0.25) is 0 Å². The Morgan fingerprint density at radius 1 is 1.26 bits per heavy atom. The van der Waals surface area contributed by atoms with Crippen LogP contribution in [0.4, 0.5) is 0 Å². The van der Waals surface area contributed by atoms with Crippen LogP contribution in [0, 0.1) is 13.8 Å². The highest BCUT2D eigenvalue weighted by Gasteiger charge is 2.17. The Labute approximate surface area is 167 Å². The molecule has 5 nitrogen and oxygen atoms in total. The molecule has 0 saturated carbocycles. The van der Waals surface area contributed by atoms with Gasteiger partial charge in [0.15, 0.2) is 10.9 Å². The summed E-state index contributed by atoms with van der Waals surface area (Å²) in [6, 6.07) is 6.99. The fourth-order valence-corrected chi connectivity index (χ4v) is 4.13. The Balaban J connectivity index is 1.95. The summed E-state index contributed by atoms with van der Waals surface area (Å²) in [4.78, 5) is 30.2. The Hall–Kier alpha value is -2.05. The Morgan fingerprint density at radius 3 is 2.63 bits per heavy atom. The SMILES string of the molecule is CCCn1c(SCC(=O)c2cc(C)n(C)c2C)nc2cc(Cl)ccc2c1=O. The van der Waals surface area contributed by atoms with Crippen molar-refractivity contribution in [2.75, 3.05) is 5.75 Å². The van der Waals surface area contributed by atoms with Gasteiger partial charge in [0, 0.05) is 35.6 Å². The second-order valence-electron chi connectivity index (χ2n) is 6.57. The van der Waals surface area contributed by atoms with Gasteiger partial charge in [-0.1, -0.05) is 30.3 Å². The van der Waals surface area contributed by atoms with Crippen molar-refractivity contribution in [2.24, 2.45) is 7.05 Å². The van der Waals surface area contributed by atoms with Gasteiger partial charge in [-0.2, -0.15) is 0 Å². The van der Waals surface area contributed by atoms with Crippen LogP contribution in [0.2, 0.25) is 5.02 Å². The van der Waals surface area contributed by atoms with Crippen LogP contribution in [0.15, 0.2) is 34.2 Å². The summed E-state index contributed by atoms with van der Waals surface area (Å²) in [6.45, 7) is 6.48. The molecule has 0 N–H and O–H groups in total. The lowest BCUT2D eigenvalue weighted by Crippen LogP contribution is -2.23. The molecule has 0 unspecified atom stereocenters. The minimum atomic E-state index is -0.0970. The minimum absolute atomic E-state index is 0.0321. The number of Topliss-reactive ketones (excluding diaryl/α,β-unsaturated/α-hetero) is 1. The zero-order chi connectivity index (χ0) is 19.7. The molecule has 0 aliphatic carbocycles. The number of benzene rings is 1. The molecule has 3 rings (SSSR count). The van der Waals surface area contributed by atoms with Crippen LogP contribution in [0.25, 0.3) is 10.9 Å². The van der Waals surface area contributed by atoms with Crippen molar-refractivity contribution >= 4 is 40.0 Å². The molecule has 2 heterocycles. The summed E-state index contributed by atoms with van der Waals surface area (Å²) in [5.74, 6) is 0.261. The fraction of sp³-hybridized carbons (Fsp3) is 0.350. The highest BCUT2D eigenvalue weighted by atomic mass is 35.5. The largest absolute Gasteiger partial charge is 0.351 e. The molecule has 0 aliphatic heterocycles. The maximum atomic E-state index is 12.8. The lowest BCUT2D eigenvalue weighted by molar-refractivity contribution is 0.102. The van der Waals surface area contributed by atoms with E-state index in [4.69, 9.17) is 11.6 Å². The number of aryl methyl sites for hydroxylation is 1. The van der Waals surface area contributed by atoms with E-state index in [1.165, 1.54) is 11.8 Å². The minimum Gasteiger partial charge on any atom is -0.351 e. The van der Waals surface area contributed by atoms with Crippen molar-refractivity contribution in [3.05, 3.63) is 56.6 Å². The van der Waals surface area contributed by atoms with Crippen molar-refractivity contribution in [3.63, 3.8) is 0 Å². The zero-order valence-corrected chi connectivity index (χ0v) is 17.4. The number of aromatic nitrogens is 3. The van der Waals surface area contributed by atoms with E-state index < -0.39 is 0 Å². The van der Waals surface area contributed by atoms with E-state index in [9.17, 15) is 9.59 Å². The topological polar surface area (TPSA) is 56.9 Å². The fourth-order valence-electron chi connectivity index (χ4n) is 3.05. The van der Waals surface area contributed by atoms with Crippen LogP contribution >= 0.6 is 23.4 Å². The molecule has 3 aromatic rings. The standard InChI is InChI=1S/C20H22ClN3O2S/c1-5-8-24-19(26)15-7-6-14(21)10-17(15)22-20(24)27-11-18(25)16-9-12(2)23(4)13(16)3/h6-7,9-10H,5,8,11H2,1-4H3. The van der Waals surface area contributed by atoms with Gasteiger partial charge in [-0.25, -0.2) is 4.98 Å². The van der Waals surface area contributed by atoms with E-state index in [0.29, 0.717) is 27.6 Å². The predicted octanol–water partition coefficient (Wildman–Crippen LogP) is 4.39. The lowest BCUT2D eigenvalue weighted by atomic mass is 10.2. The highest BCUT2D eigenvalue weighted by molar-refractivity contribution is 7.99. The third kappa shape index (κ3) is 3.82. The lowest BCUT2D eigenvalue weighted by Gasteiger charge is -2.12. The smallest absolute Gasteiger partial charge is 0.262 e. The van der Waals surface area contributed by atoms with Crippen LogP contribution in [-0.4, -0.2) is 25.7 Å². The number of nitrogens with zero attached hydrogens (tertiary/aromatic N) is 3. The quantitative estimate of drug-likeness (QED) is 0.348. The zero-order valence-electron chi connectivity index (χ0n) is 15.9. The average molecular weight is 404 g/mol. The van der Waals surface area contributed by atoms with E-state index in [1.807, 2.05) is 38.5 Å². The number of halogens is 1. The third-order valence-electron chi connectivity index (χ3n) is 4.74. The van der Waals surface area contributed by atoms with E-state index >= 15 is 0 Å². The molecule has 0 fully saturated rings. The van der Waals surface area contributed by atoms with Gasteiger partial charge in [-0.05, 0) is 44.5 Å². The number of carbonyl (C=O) groups excluding carboxylic acids is 1. The van der Waals surface area contributed by atoms with Crippen LogP contribution in [0.1, 0.15) is 35.1 Å². The summed E-state index contributed by atoms with van der Waals surface area (Å²) in [5.41, 5.74) is 3.17. The summed E-state index contributed by atoms with van der Waals surface area (Å²) < 4.78 is 3.65. The molecule has 0 bridgehead atoms. The molecule has 0 saturated heterocycles. The van der Waals surface area contributed by atoms with Gasteiger partial charge in [0.1, 0.15) is 0 Å².